The molecule has 0 bridgehead atoms. The van der Waals surface area contributed by atoms with E-state index in [0.717, 1.165) is 23.6 Å². The van der Waals surface area contributed by atoms with Gasteiger partial charge in [-0.2, -0.15) is 0 Å². The van der Waals surface area contributed by atoms with E-state index in [1.54, 1.807) is 0 Å². The van der Waals surface area contributed by atoms with Crippen LogP contribution in [-0.4, -0.2) is 18.3 Å². The maximum atomic E-state index is 12.9. The molecule has 1 aromatic carbocycles. The minimum absolute atomic E-state index is 0.164. The van der Waals surface area contributed by atoms with Gasteiger partial charge in [0.1, 0.15) is 5.82 Å². The van der Waals surface area contributed by atoms with E-state index in [1.165, 1.54) is 25.0 Å². The second kappa shape index (κ2) is 8.68. The molecule has 0 amide bonds. The number of benzene rings is 1. The van der Waals surface area contributed by atoms with E-state index in [9.17, 15) is 4.39 Å². The van der Waals surface area contributed by atoms with Crippen molar-refractivity contribution in [1.29, 1.82) is 0 Å². The predicted octanol–water partition coefficient (Wildman–Crippen LogP) is 5.11. The van der Waals surface area contributed by atoms with E-state index in [0.29, 0.717) is 11.5 Å². The average Bonchev–Trinajstić information content (AvgIpc) is 2.38. The fraction of sp³-hybridized carbons (Fsp3) is 0.647. The van der Waals surface area contributed by atoms with Crippen LogP contribution in [0.4, 0.5) is 4.39 Å². The van der Waals surface area contributed by atoms with Crippen LogP contribution in [0.1, 0.15) is 47.0 Å². The van der Waals surface area contributed by atoms with Crippen LogP contribution in [0.2, 0.25) is 0 Å². The Bertz CT molecular complexity index is 370. The van der Waals surface area contributed by atoms with Gasteiger partial charge in [-0.15, -0.1) is 11.8 Å². The molecule has 1 aromatic rings. The van der Waals surface area contributed by atoms with Gasteiger partial charge < -0.3 is 5.32 Å². The largest absolute Gasteiger partial charge is 0.313 e. The minimum Gasteiger partial charge on any atom is -0.313 e. The van der Waals surface area contributed by atoms with E-state index in [2.05, 4.69) is 33.0 Å². The van der Waals surface area contributed by atoms with Crippen molar-refractivity contribution in [3.05, 3.63) is 30.1 Å². The summed E-state index contributed by atoms with van der Waals surface area (Å²) >= 11 is 1.81. The van der Waals surface area contributed by atoms with Crippen molar-refractivity contribution in [2.75, 3.05) is 12.3 Å². The van der Waals surface area contributed by atoms with Crippen molar-refractivity contribution in [3.8, 4) is 0 Å². The number of halogens is 1. The number of thioether (sulfide) groups is 1. The molecular weight excluding hydrogens is 269 g/mol. The molecule has 0 saturated carbocycles. The molecular formula is C17H28FNS. The maximum Gasteiger partial charge on any atom is 0.123 e. The molecule has 0 fully saturated rings. The molecule has 0 aliphatic carbocycles. The zero-order chi connectivity index (χ0) is 15.0. The Kier molecular flexibility index (Phi) is 7.60. The molecule has 1 unspecified atom stereocenters. The van der Waals surface area contributed by atoms with Gasteiger partial charge in [-0.05, 0) is 55.5 Å². The highest BCUT2D eigenvalue weighted by atomic mass is 32.2. The Morgan fingerprint density at radius 1 is 1.20 bits per heavy atom. The van der Waals surface area contributed by atoms with Gasteiger partial charge >= 0.3 is 0 Å². The van der Waals surface area contributed by atoms with Crippen LogP contribution in [-0.2, 0) is 0 Å². The highest BCUT2D eigenvalue weighted by Crippen LogP contribution is 2.25. The first-order valence-electron chi connectivity index (χ1n) is 7.52. The van der Waals surface area contributed by atoms with Crippen molar-refractivity contribution in [2.45, 2.75) is 57.9 Å². The lowest BCUT2D eigenvalue weighted by atomic mass is 9.89. The summed E-state index contributed by atoms with van der Waals surface area (Å²) in [5, 5.41) is 3.63. The Balaban J connectivity index is 2.44. The molecule has 1 nitrogen and oxygen atoms in total. The van der Waals surface area contributed by atoms with Gasteiger partial charge in [-0.1, -0.05) is 27.7 Å². The molecule has 0 radical (unpaired) electrons. The molecule has 3 heteroatoms. The molecule has 1 N–H and O–H groups in total. The molecule has 114 valence electrons. The zero-order valence-corrected chi connectivity index (χ0v) is 14.0. The van der Waals surface area contributed by atoms with Crippen molar-refractivity contribution in [1.82, 2.24) is 5.32 Å². The minimum atomic E-state index is -0.164. The van der Waals surface area contributed by atoms with Crippen molar-refractivity contribution >= 4 is 11.8 Å². The molecule has 0 aliphatic rings. The number of hydrogen-bond donors (Lipinski definition) is 1. The molecule has 0 aliphatic heterocycles. The second-order valence-electron chi connectivity index (χ2n) is 6.52. The topological polar surface area (TPSA) is 12.0 Å². The third kappa shape index (κ3) is 7.91. The number of nitrogens with one attached hydrogen (secondary N) is 1. The summed E-state index contributed by atoms with van der Waals surface area (Å²) < 4.78 is 12.9. The van der Waals surface area contributed by atoms with Crippen LogP contribution in [0, 0.1) is 11.2 Å². The van der Waals surface area contributed by atoms with Crippen LogP contribution in [0.5, 0.6) is 0 Å². The van der Waals surface area contributed by atoms with Gasteiger partial charge in [0.05, 0.1) is 0 Å². The SMILES string of the molecule is CCCNC(CCC(C)(C)C)CSc1ccc(F)cc1. The summed E-state index contributed by atoms with van der Waals surface area (Å²) in [6.45, 7) is 10.1. The summed E-state index contributed by atoms with van der Waals surface area (Å²) in [6, 6.07) is 7.32. The van der Waals surface area contributed by atoms with Gasteiger partial charge in [-0.25, -0.2) is 4.39 Å². The first kappa shape index (κ1) is 17.5. The van der Waals surface area contributed by atoms with Gasteiger partial charge in [0, 0.05) is 16.7 Å². The normalized spacial score (nSPS) is 13.4. The highest BCUT2D eigenvalue weighted by molar-refractivity contribution is 7.99. The Labute approximate surface area is 127 Å². The summed E-state index contributed by atoms with van der Waals surface area (Å²) in [5.74, 6) is 0.879. The summed E-state index contributed by atoms with van der Waals surface area (Å²) in [7, 11) is 0. The monoisotopic (exact) mass is 297 g/mol. The van der Waals surface area contributed by atoms with Gasteiger partial charge in [0.2, 0.25) is 0 Å². The molecule has 0 spiro atoms. The van der Waals surface area contributed by atoms with Crippen LogP contribution in [0.15, 0.2) is 29.2 Å². The average molecular weight is 297 g/mol. The fourth-order valence-electron chi connectivity index (χ4n) is 1.93. The number of hydrogen-bond acceptors (Lipinski definition) is 2. The Hall–Kier alpha value is -0.540. The van der Waals surface area contributed by atoms with Crippen LogP contribution in [0.25, 0.3) is 0 Å². The Morgan fingerprint density at radius 3 is 2.40 bits per heavy atom. The van der Waals surface area contributed by atoms with Crippen molar-refractivity contribution in [3.63, 3.8) is 0 Å². The van der Waals surface area contributed by atoms with E-state index >= 15 is 0 Å². The lowest BCUT2D eigenvalue weighted by molar-refractivity contribution is 0.338. The van der Waals surface area contributed by atoms with E-state index in [-0.39, 0.29) is 5.82 Å². The lowest BCUT2D eigenvalue weighted by Gasteiger charge is -2.24. The van der Waals surface area contributed by atoms with Crippen molar-refractivity contribution in [2.24, 2.45) is 5.41 Å². The molecule has 0 aromatic heterocycles. The van der Waals surface area contributed by atoms with E-state index in [4.69, 9.17) is 0 Å². The molecule has 1 rings (SSSR count). The third-order valence-electron chi connectivity index (χ3n) is 3.19. The molecule has 0 heterocycles. The highest BCUT2D eigenvalue weighted by Gasteiger charge is 2.15. The smallest absolute Gasteiger partial charge is 0.123 e. The first-order chi connectivity index (χ1) is 9.40. The van der Waals surface area contributed by atoms with Gasteiger partial charge in [0.15, 0.2) is 0 Å². The van der Waals surface area contributed by atoms with Crippen molar-refractivity contribution < 1.29 is 4.39 Å². The quantitative estimate of drug-likeness (QED) is 0.669. The molecule has 20 heavy (non-hydrogen) atoms. The third-order valence-corrected chi connectivity index (χ3v) is 4.37. The Morgan fingerprint density at radius 2 is 1.85 bits per heavy atom. The summed E-state index contributed by atoms with van der Waals surface area (Å²) in [4.78, 5) is 1.14. The summed E-state index contributed by atoms with van der Waals surface area (Å²) in [5.41, 5.74) is 0.382. The lowest BCUT2D eigenvalue weighted by Crippen LogP contribution is -2.33. The van der Waals surface area contributed by atoms with E-state index in [1.807, 2.05) is 23.9 Å². The van der Waals surface area contributed by atoms with Gasteiger partial charge in [0.25, 0.3) is 0 Å². The van der Waals surface area contributed by atoms with E-state index < -0.39 is 0 Å². The fourth-order valence-corrected chi connectivity index (χ4v) is 2.93. The van der Waals surface area contributed by atoms with Crippen LogP contribution >= 0.6 is 11.8 Å². The maximum absolute atomic E-state index is 12.9. The molecule has 0 saturated heterocycles. The van der Waals surface area contributed by atoms with Crippen LogP contribution in [0.3, 0.4) is 0 Å². The standard InChI is InChI=1S/C17H28FNS/c1-5-12-19-15(10-11-17(2,3)4)13-20-16-8-6-14(18)7-9-16/h6-9,15,19H,5,10-13H2,1-4H3. The zero-order valence-electron chi connectivity index (χ0n) is 13.2. The molecule has 1 atom stereocenters. The van der Waals surface area contributed by atoms with Crippen LogP contribution < -0.4 is 5.32 Å². The second-order valence-corrected chi connectivity index (χ2v) is 7.61. The predicted molar refractivity (Wildman–Crippen MR) is 87.9 cm³/mol. The van der Waals surface area contributed by atoms with Gasteiger partial charge in [-0.3, -0.25) is 0 Å². The first-order valence-corrected chi connectivity index (χ1v) is 8.51. The number of rotatable bonds is 8. The summed E-state index contributed by atoms with van der Waals surface area (Å²) in [6.07, 6.45) is 3.57.